The molecule has 1 aliphatic heterocycles. The molecule has 5 heteroatoms. The van der Waals surface area contributed by atoms with Crippen molar-refractivity contribution in [3.63, 3.8) is 0 Å². The van der Waals surface area contributed by atoms with Crippen LogP contribution in [-0.4, -0.2) is 19.0 Å². The summed E-state index contributed by atoms with van der Waals surface area (Å²) >= 11 is 5.26. The molecule has 0 unspecified atom stereocenters. The highest BCUT2D eigenvalue weighted by atomic mass is 79.9. The fourth-order valence-corrected chi connectivity index (χ4v) is 3.66. The van der Waals surface area contributed by atoms with E-state index in [0.29, 0.717) is 0 Å². The van der Waals surface area contributed by atoms with Crippen molar-refractivity contribution < 1.29 is 4.74 Å². The molecular formula is C16H17BrN2OS. The largest absolute Gasteiger partial charge is 0.497 e. The van der Waals surface area contributed by atoms with Crippen LogP contribution in [0.25, 0.3) is 0 Å². The number of nitrogens with zero attached hydrogens (tertiary/aromatic N) is 2. The summed E-state index contributed by atoms with van der Waals surface area (Å²) in [6.07, 6.45) is 1.12. The van der Waals surface area contributed by atoms with E-state index in [-0.39, 0.29) is 0 Å². The van der Waals surface area contributed by atoms with Gasteiger partial charge in [0.1, 0.15) is 5.75 Å². The van der Waals surface area contributed by atoms with Crippen molar-refractivity contribution >= 4 is 45.1 Å². The number of halogens is 1. The van der Waals surface area contributed by atoms with Crippen LogP contribution in [0.15, 0.2) is 48.5 Å². The first kappa shape index (κ1) is 14.6. The van der Waals surface area contributed by atoms with Crippen LogP contribution in [0.5, 0.6) is 5.75 Å². The van der Waals surface area contributed by atoms with Crippen molar-refractivity contribution in [3.8, 4) is 5.75 Å². The SMILES string of the molecule is COc1ccc(N2SN(CCCBr)c3ccccc32)cc1. The molecule has 0 fully saturated rings. The average Bonchev–Trinajstić information content (AvgIpc) is 2.92. The molecular weight excluding hydrogens is 348 g/mol. The van der Waals surface area contributed by atoms with Crippen LogP contribution < -0.4 is 13.3 Å². The number of ether oxygens (including phenoxy) is 1. The lowest BCUT2D eigenvalue weighted by Gasteiger charge is -2.19. The smallest absolute Gasteiger partial charge is 0.119 e. The van der Waals surface area contributed by atoms with Gasteiger partial charge in [0.05, 0.1) is 36.3 Å². The van der Waals surface area contributed by atoms with Crippen LogP contribution >= 0.6 is 28.1 Å². The number of rotatable bonds is 5. The summed E-state index contributed by atoms with van der Waals surface area (Å²) in [7, 11) is 1.69. The van der Waals surface area contributed by atoms with Crippen LogP contribution in [0.1, 0.15) is 6.42 Å². The topological polar surface area (TPSA) is 15.7 Å². The number of fused-ring (bicyclic) bond motifs is 1. The predicted molar refractivity (Wildman–Crippen MR) is 94.9 cm³/mol. The zero-order valence-electron chi connectivity index (χ0n) is 11.8. The van der Waals surface area contributed by atoms with E-state index in [2.05, 4.69) is 60.9 Å². The molecule has 0 amide bonds. The Bertz CT molecular complexity index is 605. The first-order valence-corrected chi connectivity index (χ1v) is 8.73. The Kier molecular flexibility index (Phi) is 4.60. The van der Waals surface area contributed by atoms with E-state index in [1.165, 1.54) is 11.4 Å². The van der Waals surface area contributed by atoms with Gasteiger partial charge in [-0.15, -0.1) is 0 Å². The van der Waals surface area contributed by atoms with Crippen molar-refractivity contribution in [3.05, 3.63) is 48.5 Å². The quantitative estimate of drug-likeness (QED) is 0.547. The summed E-state index contributed by atoms with van der Waals surface area (Å²) in [5.74, 6) is 0.882. The van der Waals surface area contributed by atoms with Gasteiger partial charge >= 0.3 is 0 Å². The van der Waals surface area contributed by atoms with E-state index in [1.54, 1.807) is 19.2 Å². The van der Waals surface area contributed by atoms with E-state index in [1.807, 2.05) is 12.1 Å². The highest BCUT2D eigenvalue weighted by Crippen LogP contribution is 2.48. The van der Waals surface area contributed by atoms with Crippen LogP contribution in [0, 0.1) is 0 Å². The highest BCUT2D eigenvalue weighted by molar-refractivity contribution is 9.09. The summed E-state index contributed by atoms with van der Waals surface area (Å²) in [4.78, 5) is 0. The van der Waals surface area contributed by atoms with Crippen LogP contribution in [0.3, 0.4) is 0 Å². The zero-order chi connectivity index (χ0) is 14.7. The third-order valence-corrected chi connectivity index (χ3v) is 5.06. The summed E-state index contributed by atoms with van der Waals surface area (Å²) in [5.41, 5.74) is 3.68. The monoisotopic (exact) mass is 364 g/mol. The van der Waals surface area contributed by atoms with Crippen molar-refractivity contribution in [1.29, 1.82) is 0 Å². The first-order chi connectivity index (χ1) is 10.3. The summed E-state index contributed by atoms with van der Waals surface area (Å²) < 4.78 is 9.85. The minimum Gasteiger partial charge on any atom is -0.497 e. The molecule has 1 aliphatic rings. The molecule has 2 aromatic carbocycles. The lowest BCUT2D eigenvalue weighted by Crippen LogP contribution is -2.15. The van der Waals surface area contributed by atoms with Gasteiger partial charge in [0, 0.05) is 11.9 Å². The molecule has 2 aromatic rings. The van der Waals surface area contributed by atoms with Crippen molar-refractivity contribution in [2.24, 2.45) is 0 Å². The second kappa shape index (κ2) is 6.62. The number of para-hydroxylation sites is 2. The summed E-state index contributed by atoms with van der Waals surface area (Å²) in [6, 6.07) is 16.7. The van der Waals surface area contributed by atoms with E-state index in [4.69, 9.17) is 4.74 Å². The fraction of sp³-hybridized carbons (Fsp3) is 0.250. The Balaban J connectivity index is 1.89. The fourth-order valence-electron chi connectivity index (χ4n) is 2.30. The minimum atomic E-state index is 0.882. The maximum Gasteiger partial charge on any atom is 0.119 e. The predicted octanol–water partition coefficient (Wildman–Crippen LogP) is 5.00. The van der Waals surface area contributed by atoms with Crippen molar-refractivity contribution in [2.45, 2.75) is 6.42 Å². The Morgan fingerprint density at radius 3 is 2.43 bits per heavy atom. The second-order valence-corrected chi connectivity index (χ2v) is 6.47. The molecule has 0 N–H and O–H groups in total. The Morgan fingerprint density at radius 1 is 1.05 bits per heavy atom. The molecule has 21 heavy (non-hydrogen) atoms. The van der Waals surface area contributed by atoms with E-state index in [0.717, 1.165) is 29.7 Å². The number of anilines is 3. The highest BCUT2D eigenvalue weighted by Gasteiger charge is 2.27. The molecule has 0 spiro atoms. The van der Waals surface area contributed by atoms with Gasteiger partial charge in [0.25, 0.3) is 0 Å². The molecule has 0 aliphatic carbocycles. The molecule has 1 heterocycles. The number of hydrogen-bond donors (Lipinski definition) is 0. The molecule has 0 atom stereocenters. The molecule has 110 valence electrons. The second-order valence-electron chi connectivity index (χ2n) is 4.71. The maximum absolute atomic E-state index is 5.23. The number of benzene rings is 2. The van der Waals surface area contributed by atoms with Crippen LogP contribution in [0.2, 0.25) is 0 Å². The number of alkyl halides is 1. The number of hydrogen-bond acceptors (Lipinski definition) is 4. The lowest BCUT2D eigenvalue weighted by molar-refractivity contribution is 0.415. The first-order valence-electron chi connectivity index (χ1n) is 6.88. The van der Waals surface area contributed by atoms with Crippen molar-refractivity contribution in [1.82, 2.24) is 0 Å². The Hall–Kier alpha value is -1.33. The van der Waals surface area contributed by atoms with Gasteiger partial charge in [-0.1, -0.05) is 28.1 Å². The molecule has 0 saturated carbocycles. The standard InChI is InChI=1S/C16H17BrN2OS/c1-20-14-9-7-13(8-10-14)19-16-6-3-2-5-15(16)18(21-19)12-4-11-17/h2-3,5-10H,4,11-12H2,1H3. The molecule has 0 saturated heterocycles. The molecule has 3 nitrogen and oxygen atoms in total. The third kappa shape index (κ3) is 2.99. The van der Waals surface area contributed by atoms with Gasteiger partial charge in [-0.3, -0.25) is 8.61 Å². The minimum absolute atomic E-state index is 0.882. The van der Waals surface area contributed by atoms with Gasteiger partial charge in [0.15, 0.2) is 0 Å². The van der Waals surface area contributed by atoms with Crippen LogP contribution in [-0.2, 0) is 0 Å². The van der Waals surface area contributed by atoms with E-state index in [9.17, 15) is 0 Å². The van der Waals surface area contributed by atoms with Gasteiger partial charge in [-0.25, -0.2) is 0 Å². The van der Waals surface area contributed by atoms with Gasteiger partial charge in [-0.2, -0.15) is 0 Å². The van der Waals surface area contributed by atoms with Gasteiger partial charge < -0.3 is 4.74 Å². The molecule has 0 aromatic heterocycles. The van der Waals surface area contributed by atoms with Gasteiger partial charge in [-0.05, 0) is 42.8 Å². The average molecular weight is 365 g/mol. The summed E-state index contributed by atoms with van der Waals surface area (Å²) in [5, 5.41) is 1.02. The van der Waals surface area contributed by atoms with E-state index < -0.39 is 0 Å². The normalized spacial score (nSPS) is 13.4. The Morgan fingerprint density at radius 2 is 1.76 bits per heavy atom. The zero-order valence-corrected chi connectivity index (χ0v) is 14.2. The van der Waals surface area contributed by atoms with E-state index >= 15 is 0 Å². The molecule has 3 rings (SSSR count). The lowest BCUT2D eigenvalue weighted by atomic mass is 10.2. The maximum atomic E-state index is 5.23. The van der Waals surface area contributed by atoms with Crippen molar-refractivity contribution in [2.75, 3.05) is 27.6 Å². The third-order valence-electron chi connectivity index (χ3n) is 3.35. The molecule has 0 radical (unpaired) electrons. The molecule has 0 bridgehead atoms. The number of methoxy groups -OCH3 is 1. The summed E-state index contributed by atoms with van der Waals surface area (Å²) in [6.45, 7) is 1.03. The van der Waals surface area contributed by atoms with Gasteiger partial charge in [0.2, 0.25) is 0 Å². The Labute approximate surface area is 138 Å². The van der Waals surface area contributed by atoms with Crippen LogP contribution in [0.4, 0.5) is 17.1 Å².